The number of nitrogens with one attached hydrogen (secondary N) is 2. The SMILES string of the molecule is CNc1ccc(F)[c-]c1F.CNc1ccc(F)[c-]c1F.[Ti+4].c1cc[cH-]c1.c1cc[cH-]c1. The van der Waals surface area contributed by atoms with Crippen molar-refractivity contribution in [3.8, 4) is 0 Å². The zero-order valence-corrected chi connectivity index (χ0v) is 18.7. The van der Waals surface area contributed by atoms with E-state index in [1.807, 2.05) is 72.8 Å². The van der Waals surface area contributed by atoms with E-state index in [0.29, 0.717) is 0 Å². The van der Waals surface area contributed by atoms with Crippen LogP contribution in [-0.2, 0) is 21.7 Å². The van der Waals surface area contributed by atoms with Gasteiger partial charge < -0.3 is 10.6 Å². The Hall–Kier alpha value is -2.83. The molecule has 0 unspecified atom stereocenters. The average molecular weight is 462 g/mol. The molecular weight excluding hydrogens is 440 g/mol. The molecule has 0 saturated carbocycles. The molecule has 0 radical (unpaired) electrons. The monoisotopic (exact) mass is 462 g/mol. The number of hydrogen-bond donors (Lipinski definition) is 2. The van der Waals surface area contributed by atoms with E-state index in [0.717, 1.165) is 12.1 Å². The van der Waals surface area contributed by atoms with Gasteiger partial charge in [0.2, 0.25) is 0 Å². The summed E-state index contributed by atoms with van der Waals surface area (Å²) in [5.74, 6) is -2.75. The molecule has 0 aliphatic carbocycles. The molecule has 160 valence electrons. The number of hydrogen-bond acceptors (Lipinski definition) is 2. The van der Waals surface area contributed by atoms with Gasteiger partial charge >= 0.3 is 21.7 Å². The normalized spacial score (nSPS) is 8.71. The molecule has 0 bridgehead atoms. The van der Waals surface area contributed by atoms with Crippen LogP contribution in [-0.4, -0.2) is 14.1 Å². The zero-order valence-electron chi connectivity index (χ0n) is 17.1. The molecule has 4 aromatic rings. The van der Waals surface area contributed by atoms with Crippen molar-refractivity contribution in [2.75, 3.05) is 24.7 Å². The fourth-order valence-electron chi connectivity index (χ4n) is 1.91. The number of benzene rings is 2. The van der Waals surface area contributed by atoms with E-state index in [-0.39, 0.29) is 33.1 Å². The minimum Gasteiger partial charge on any atom is -0.437 e. The molecule has 4 aromatic carbocycles. The summed E-state index contributed by atoms with van der Waals surface area (Å²) in [6.07, 6.45) is 0. The molecule has 4 rings (SSSR count). The predicted octanol–water partition coefficient (Wildman–Crippen LogP) is 6.42. The second kappa shape index (κ2) is 16.9. The molecule has 0 heterocycles. The minimum absolute atomic E-state index is 0. The Morgan fingerprint density at radius 1 is 0.613 bits per heavy atom. The molecule has 0 saturated heterocycles. The van der Waals surface area contributed by atoms with E-state index in [2.05, 4.69) is 10.6 Å². The van der Waals surface area contributed by atoms with Crippen LogP contribution in [0.1, 0.15) is 0 Å². The van der Waals surface area contributed by atoms with E-state index in [1.54, 1.807) is 14.1 Å². The molecule has 0 aliphatic rings. The van der Waals surface area contributed by atoms with E-state index in [9.17, 15) is 17.6 Å². The quantitative estimate of drug-likeness (QED) is 0.204. The van der Waals surface area contributed by atoms with Crippen molar-refractivity contribution >= 4 is 11.4 Å². The number of halogens is 4. The van der Waals surface area contributed by atoms with Crippen molar-refractivity contribution in [2.24, 2.45) is 0 Å². The van der Waals surface area contributed by atoms with Gasteiger partial charge in [-0.25, -0.2) is 41.8 Å². The smallest absolute Gasteiger partial charge is 0.437 e. The number of rotatable bonds is 2. The summed E-state index contributed by atoms with van der Waals surface area (Å²) in [6.45, 7) is 0. The Bertz CT molecular complexity index is 815. The first-order chi connectivity index (χ1) is 14.5. The van der Waals surface area contributed by atoms with Crippen molar-refractivity contribution in [1.29, 1.82) is 0 Å². The molecule has 7 heteroatoms. The van der Waals surface area contributed by atoms with Crippen LogP contribution in [0.2, 0.25) is 0 Å². The van der Waals surface area contributed by atoms with Gasteiger partial charge in [0.05, 0.1) is 0 Å². The summed E-state index contributed by atoms with van der Waals surface area (Å²) in [5.41, 5.74) is 0.503. The molecular formula is C24H22F4N2Ti. The first-order valence-electron chi connectivity index (χ1n) is 8.91. The van der Waals surface area contributed by atoms with Gasteiger partial charge in [-0.3, -0.25) is 0 Å². The standard InChI is InChI=1S/2C7H6F2N.2C5H5.Ti/c2*1-10-7-3-2-5(8)4-6(7)9;2*1-2-4-5-3-1;/h2*2-3,10H,1H3;2*1-5H;/q4*-1;+4. The fraction of sp³-hybridized carbons (Fsp3) is 0.0833. The first kappa shape index (κ1) is 28.2. The zero-order chi connectivity index (χ0) is 22.2. The van der Waals surface area contributed by atoms with Crippen LogP contribution in [0.4, 0.5) is 28.9 Å². The van der Waals surface area contributed by atoms with Gasteiger partial charge in [-0.1, -0.05) is 0 Å². The van der Waals surface area contributed by atoms with Gasteiger partial charge in [0.25, 0.3) is 0 Å². The Balaban J connectivity index is 0.000000401. The Labute approximate surface area is 195 Å². The molecule has 0 spiro atoms. The van der Waals surface area contributed by atoms with Crippen molar-refractivity contribution in [1.82, 2.24) is 0 Å². The van der Waals surface area contributed by atoms with E-state index in [1.165, 1.54) is 12.1 Å². The second-order valence-corrected chi connectivity index (χ2v) is 5.49. The molecule has 0 amide bonds. The van der Waals surface area contributed by atoms with Crippen LogP contribution in [0, 0.1) is 35.4 Å². The predicted molar refractivity (Wildman–Crippen MR) is 114 cm³/mol. The van der Waals surface area contributed by atoms with Gasteiger partial charge in [0.1, 0.15) is 0 Å². The maximum Gasteiger partial charge on any atom is 4.00 e. The molecule has 0 aromatic heterocycles. The second-order valence-electron chi connectivity index (χ2n) is 5.49. The largest absolute Gasteiger partial charge is 4.00 e. The minimum atomic E-state index is -0.692. The maximum absolute atomic E-state index is 12.5. The van der Waals surface area contributed by atoms with E-state index in [4.69, 9.17) is 0 Å². The molecule has 31 heavy (non-hydrogen) atoms. The third kappa shape index (κ3) is 12.5. The Morgan fingerprint density at radius 2 is 0.935 bits per heavy atom. The van der Waals surface area contributed by atoms with E-state index >= 15 is 0 Å². The summed E-state index contributed by atoms with van der Waals surface area (Å²) < 4.78 is 49.3. The van der Waals surface area contributed by atoms with Crippen LogP contribution in [0.25, 0.3) is 0 Å². The summed E-state index contributed by atoms with van der Waals surface area (Å²) in [4.78, 5) is 0. The Kier molecular flexibility index (Phi) is 15.4. The van der Waals surface area contributed by atoms with Crippen LogP contribution in [0.15, 0.2) is 84.9 Å². The number of anilines is 2. The van der Waals surface area contributed by atoms with Crippen molar-refractivity contribution < 1.29 is 39.3 Å². The summed E-state index contributed by atoms with van der Waals surface area (Å²) >= 11 is 0. The van der Waals surface area contributed by atoms with Gasteiger partial charge in [-0.2, -0.15) is 36.4 Å². The molecule has 2 N–H and O–H groups in total. The van der Waals surface area contributed by atoms with Crippen LogP contribution in [0.5, 0.6) is 0 Å². The van der Waals surface area contributed by atoms with Gasteiger partial charge in [0, 0.05) is 23.3 Å². The van der Waals surface area contributed by atoms with Crippen LogP contribution < -0.4 is 10.6 Å². The molecule has 0 fully saturated rings. The van der Waals surface area contributed by atoms with E-state index < -0.39 is 23.3 Å². The molecule has 0 atom stereocenters. The fourth-order valence-corrected chi connectivity index (χ4v) is 1.91. The van der Waals surface area contributed by atoms with Crippen molar-refractivity contribution in [3.05, 3.63) is 120 Å². The van der Waals surface area contributed by atoms with Gasteiger partial charge in [-0.05, 0) is 25.5 Å². The van der Waals surface area contributed by atoms with Crippen molar-refractivity contribution in [2.45, 2.75) is 0 Å². The Morgan fingerprint density at radius 3 is 1.13 bits per heavy atom. The molecule has 0 aliphatic heterocycles. The van der Waals surface area contributed by atoms with Gasteiger partial charge in [-0.15, -0.1) is 36.4 Å². The summed E-state index contributed by atoms with van der Waals surface area (Å²) in [5, 5.41) is 5.10. The van der Waals surface area contributed by atoms with Crippen molar-refractivity contribution in [3.63, 3.8) is 0 Å². The molecule has 2 nitrogen and oxygen atoms in total. The summed E-state index contributed by atoms with van der Waals surface area (Å²) in [7, 11) is 3.12. The third-order valence-electron chi connectivity index (χ3n) is 3.37. The summed E-state index contributed by atoms with van der Waals surface area (Å²) in [6, 6.07) is 28.7. The maximum atomic E-state index is 12.5. The topological polar surface area (TPSA) is 24.1 Å². The van der Waals surface area contributed by atoms with Gasteiger partial charge in [0.15, 0.2) is 0 Å². The average Bonchev–Trinajstić information content (AvgIpc) is 3.47. The first-order valence-corrected chi connectivity index (χ1v) is 8.91. The van der Waals surface area contributed by atoms with Crippen LogP contribution in [0.3, 0.4) is 0 Å². The third-order valence-corrected chi connectivity index (χ3v) is 3.37. The van der Waals surface area contributed by atoms with Crippen LogP contribution >= 0.6 is 0 Å².